The topological polar surface area (TPSA) is 132 Å². The molecule has 0 aliphatic heterocycles. The van der Waals surface area contributed by atoms with Crippen molar-refractivity contribution in [1.29, 1.82) is 5.26 Å². The number of allylic oxidation sites excluding steroid dienone is 1. The number of anilines is 1. The van der Waals surface area contributed by atoms with Crippen LogP contribution in [0.5, 0.6) is 0 Å². The SMILES string of the molecule is CN=Cc1ccc(C2(NC(=C3CCC3)c3ccccc3CNC(=C=O)C(=O)NCC#N)CC2)cc1N. The highest BCUT2D eigenvalue weighted by atomic mass is 16.2. The maximum atomic E-state index is 12.1. The van der Waals surface area contributed by atoms with E-state index in [0.29, 0.717) is 5.69 Å². The Morgan fingerprint density at radius 1 is 1.19 bits per heavy atom. The summed E-state index contributed by atoms with van der Waals surface area (Å²) in [5.74, 6) is 1.00. The van der Waals surface area contributed by atoms with Crippen molar-refractivity contribution in [3.05, 3.63) is 76.0 Å². The molecule has 1 amide bonds. The number of nitrogens with one attached hydrogen (secondary N) is 3. The van der Waals surface area contributed by atoms with E-state index in [1.807, 2.05) is 36.4 Å². The van der Waals surface area contributed by atoms with Crippen LogP contribution in [-0.2, 0) is 21.7 Å². The summed E-state index contributed by atoms with van der Waals surface area (Å²) in [6.07, 6.45) is 6.99. The van der Waals surface area contributed by atoms with E-state index in [0.717, 1.165) is 60.1 Å². The third-order valence-electron chi connectivity index (χ3n) is 6.73. The van der Waals surface area contributed by atoms with Gasteiger partial charge in [0.2, 0.25) is 0 Å². The summed E-state index contributed by atoms with van der Waals surface area (Å²) in [4.78, 5) is 27.5. The largest absolute Gasteiger partial charge is 0.398 e. The van der Waals surface area contributed by atoms with Gasteiger partial charge in [-0.1, -0.05) is 36.4 Å². The molecule has 8 heteroatoms. The Morgan fingerprint density at radius 2 is 1.97 bits per heavy atom. The summed E-state index contributed by atoms with van der Waals surface area (Å²) < 4.78 is 0. The maximum absolute atomic E-state index is 12.1. The number of nitrogen functional groups attached to an aromatic ring is 1. The molecular formula is C28H30N6O2. The van der Waals surface area contributed by atoms with Crippen molar-refractivity contribution in [3.63, 3.8) is 0 Å². The zero-order valence-electron chi connectivity index (χ0n) is 20.4. The fraction of sp³-hybridized carbons (Fsp3) is 0.321. The second kappa shape index (κ2) is 10.9. The molecule has 2 aromatic rings. The van der Waals surface area contributed by atoms with Gasteiger partial charge in [0.15, 0.2) is 11.6 Å². The first-order valence-electron chi connectivity index (χ1n) is 12.1. The highest BCUT2D eigenvalue weighted by molar-refractivity contribution is 6.00. The Balaban J connectivity index is 1.60. The number of benzene rings is 2. The van der Waals surface area contributed by atoms with E-state index in [1.54, 1.807) is 19.2 Å². The molecule has 0 unspecified atom stereocenters. The molecule has 2 aliphatic carbocycles. The zero-order valence-corrected chi connectivity index (χ0v) is 20.4. The molecular weight excluding hydrogens is 452 g/mol. The van der Waals surface area contributed by atoms with Crippen molar-refractivity contribution in [3.8, 4) is 6.07 Å². The van der Waals surface area contributed by atoms with Crippen LogP contribution in [0.25, 0.3) is 5.70 Å². The second-order valence-electron chi connectivity index (χ2n) is 9.10. The molecule has 0 aromatic heterocycles. The smallest absolute Gasteiger partial charge is 0.279 e. The van der Waals surface area contributed by atoms with Gasteiger partial charge < -0.3 is 21.7 Å². The lowest BCUT2D eigenvalue weighted by atomic mass is 9.86. The van der Waals surface area contributed by atoms with Crippen molar-refractivity contribution < 1.29 is 9.59 Å². The summed E-state index contributed by atoms with van der Waals surface area (Å²) in [5.41, 5.74) is 13.1. The van der Waals surface area contributed by atoms with Gasteiger partial charge in [-0.05, 0) is 54.9 Å². The number of rotatable bonds is 10. The molecule has 5 N–H and O–H groups in total. The van der Waals surface area contributed by atoms with Crippen molar-refractivity contribution >= 4 is 29.4 Å². The number of aliphatic imine (C=N–C) groups is 1. The Kier molecular flexibility index (Phi) is 7.53. The molecule has 2 aromatic carbocycles. The van der Waals surface area contributed by atoms with E-state index < -0.39 is 5.91 Å². The van der Waals surface area contributed by atoms with Crippen molar-refractivity contribution in [2.45, 2.75) is 44.2 Å². The minimum absolute atomic E-state index is 0.179. The molecule has 184 valence electrons. The zero-order chi connectivity index (χ0) is 25.5. The Labute approximate surface area is 211 Å². The van der Waals surface area contributed by atoms with Crippen LogP contribution < -0.4 is 21.7 Å². The molecule has 2 aliphatic rings. The summed E-state index contributed by atoms with van der Waals surface area (Å²) in [6.45, 7) is 0.0887. The average molecular weight is 483 g/mol. The molecule has 2 fully saturated rings. The molecule has 0 radical (unpaired) electrons. The number of hydrogen-bond acceptors (Lipinski definition) is 7. The molecule has 0 spiro atoms. The Hall–Kier alpha value is -4.34. The van der Waals surface area contributed by atoms with E-state index >= 15 is 0 Å². The number of nitrogens with two attached hydrogens (primary N) is 1. The van der Waals surface area contributed by atoms with E-state index in [1.165, 1.54) is 5.57 Å². The molecule has 0 heterocycles. The van der Waals surface area contributed by atoms with Crippen molar-refractivity contribution in [2.75, 3.05) is 19.3 Å². The summed E-state index contributed by atoms with van der Waals surface area (Å²) in [6, 6.07) is 16.0. The van der Waals surface area contributed by atoms with Crippen molar-refractivity contribution in [1.82, 2.24) is 16.0 Å². The van der Waals surface area contributed by atoms with Gasteiger partial charge in [0.25, 0.3) is 5.91 Å². The predicted molar refractivity (Wildman–Crippen MR) is 140 cm³/mol. The molecule has 0 atom stereocenters. The van der Waals surface area contributed by atoms with Crippen LogP contribution >= 0.6 is 0 Å². The summed E-state index contributed by atoms with van der Waals surface area (Å²) in [7, 11) is 1.73. The normalized spacial score (nSPS) is 15.3. The van der Waals surface area contributed by atoms with Crippen molar-refractivity contribution in [2.24, 2.45) is 4.99 Å². The quantitative estimate of drug-likeness (QED) is 0.135. The van der Waals surface area contributed by atoms with E-state index in [-0.39, 0.29) is 24.3 Å². The first kappa shape index (κ1) is 24.8. The molecule has 2 saturated carbocycles. The minimum atomic E-state index is -0.647. The third-order valence-corrected chi connectivity index (χ3v) is 6.73. The number of amides is 1. The van der Waals surface area contributed by atoms with Gasteiger partial charge in [0, 0.05) is 42.3 Å². The molecule has 8 nitrogen and oxygen atoms in total. The third kappa shape index (κ3) is 5.32. The van der Waals surface area contributed by atoms with Crippen LogP contribution in [0, 0.1) is 11.3 Å². The van der Waals surface area contributed by atoms with Gasteiger partial charge in [-0.15, -0.1) is 0 Å². The first-order chi connectivity index (χ1) is 17.5. The molecule has 0 saturated heterocycles. The monoisotopic (exact) mass is 482 g/mol. The second-order valence-corrected chi connectivity index (χ2v) is 9.10. The van der Waals surface area contributed by atoms with Crippen LogP contribution in [0.2, 0.25) is 0 Å². The van der Waals surface area contributed by atoms with Crippen LogP contribution in [0.1, 0.15) is 54.4 Å². The number of carbonyl (C=O) groups is 1. The van der Waals surface area contributed by atoms with Gasteiger partial charge >= 0.3 is 0 Å². The van der Waals surface area contributed by atoms with Crippen LogP contribution in [-0.4, -0.2) is 31.7 Å². The fourth-order valence-corrected chi connectivity index (χ4v) is 4.40. The highest BCUT2D eigenvalue weighted by Crippen LogP contribution is 2.49. The van der Waals surface area contributed by atoms with Crippen LogP contribution in [0.15, 0.2) is 58.7 Å². The lowest BCUT2D eigenvalue weighted by Crippen LogP contribution is -2.33. The van der Waals surface area contributed by atoms with Crippen LogP contribution in [0.4, 0.5) is 5.69 Å². The maximum Gasteiger partial charge on any atom is 0.279 e. The summed E-state index contributed by atoms with van der Waals surface area (Å²) in [5, 5.41) is 17.8. The number of nitrogens with zero attached hydrogens (tertiary/aromatic N) is 2. The molecule has 0 bridgehead atoms. The van der Waals surface area contributed by atoms with E-state index in [4.69, 9.17) is 11.0 Å². The van der Waals surface area contributed by atoms with Gasteiger partial charge in [0.05, 0.1) is 11.6 Å². The fourth-order valence-electron chi connectivity index (χ4n) is 4.40. The highest BCUT2D eigenvalue weighted by Gasteiger charge is 2.45. The van der Waals surface area contributed by atoms with E-state index in [2.05, 4.69) is 33.1 Å². The standard InChI is InChI=1S/C28H30N6O2/c1-31-16-21-9-10-22(15-24(21)30)28(11-12-28)34-26(19-6-4-7-19)23-8-3-2-5-20(23)17-33-25(18-35)27(36)32-14-13-29/h2-3,5,8-10,15-16,33-34H,4,6-7,11-12,14,17,30H2,1H3,(H,32,36). The number of hydrogen-bond donors (Lipinski definition) is 4. The predicted octanol–water partition coefficient (Wildman–Crippen LogP) is 2.94. The molecule has 4 rings (SSSR count). The van der Waals surface area contributed by atoms with Gasteiger partial charge in [-0.3, -0.25) is 9.79 Å². The lowest BCUT2D eigenvalue weighted by molar-refractivity contribution is -0.117. The number of nitriles is 1. The van der Waals surface area contributed by atoms with Crippen LogP contribution in [0.3, 0.4) is 0 Å². The number of carbonyl (C=O) groups excluding carboxylic acids is 2. The lowest BCUT2D eigenvalue weighted by Gasteiger charge is -2.30. The minimum Gasteiger partial charge on any atom is -0.398 e. The van der Waals surface area contributed by atoms with Gasteiger partial charge in [-0.25, -0.2) is 4.79 Å². The first-order valence-corrected chi connectivity index (χ1v) is 12.1. The van der Waals surface area contributed by atoms with Gasteiger partial charge in [0.1, 0.15) is 6.54 Å². The Morgan fingerprint density at radius 3 is 2.58 bits per heavy atom. The molecule has 36 heavy (non-hydrogen) atoms. The van der Waals surface area contributed by atoms with E-state index in [9.17, 15) is 9.59 Å². The summed E-state index contributed by atoms with van der Waals surface area (Å²) >= 11 is 0. The Bertz CT molecular complexity index is 1300. The average Bonchev–Trinajstić information content (AvgIpc) is 3.64. The van der Waals surface area contributed by atoms with Gasteiger partial charge in [-0.2, -0.15) is 5.26 Å².